The second-order valence-corrected chi connectivity index (χ2v) is 9.94. The van der Waals surface area contributed by atoms with Crippen molar-refractivity contribution in [1.82, 2.24) is 9.21 Å². The Morgan fingerprint density at radius 1 is 1.07 bits per heavy atom. The fourth-order valence-electron chi connectivity index (χ4n) is 3.18. The van der Waals surface area contributed by atoms with Crippen molar-refractivity contribution in [2.24, 2.45) is 5.92 Å². The quantitative estimate of drug-likeness (QED) is 0.748. The van der Waals surface area contributed by atoms with Gasteiger partial charge in [0.25, 0.3) is 0 Å². The predicted molar refractivity (Wildman–Crippen MR) is 104 cm³/mol. The summed E-state index contributed by atoms with van der Waals surface area (Å²) in [7, 11) is -3.50. The third kappa shape index (κ3) is 5.52. The van der Waals surface area contributed by atoms with Crippen LogP contribution >= 0.6 is 0 Å². The first-order valence-electron chi connectivity index (χ1n) is 9.28. The highest BCUT2D eigenvalue weighted by atomic mass is 32.2. The van der Waals surface area contributed by atoms with Gasteiger partial charge in [0.15, 0.2) is 0 Å². The highest BCUT2D eigenvalue weighted by Gasteiger charge is 2.29. The maximum absolute atomic E-state index is 12.9. The van der Waals surface area contributed by atoms with Crippen LogP contribution in [0.2, 0.25) is 0 Å². The molecule has 0 spiro atoms. The molecule has 27 heavy (non-hydrogen) atoms. The SMILES string of the molecule is CC(C)(C)c1ccc(S(=O)(=O)N2CCN(C[C@@H](C#N)CCC#N)CC2)cc1. The van der Waals surface area contributed by atoms with Crippen molar-refractivity contribution >= 4 is 10.0 Å². The normalized spacial score (nSPS) is 17.8. The Labute approximate surface area is 163 Å². The second-order valence-electron chi connectivity index (χ2n) is 8.00. The topological polar surface area (TPSA) is 88.2 Å². The lowest BCUT2D eigenvalue weighted by Gasteiger charge is -2.34. The van der Waals surface area contributed by atoms with E-state index >= 15 is 0 Å². The van der Waals surface area contributed by atoms with Gasteiger partial charge >= 0.3 is 0 Å². The van der Waals surface area contributed by atoms with Gasteiger partial charge in [0.1, 0.15) is 0 Å². The summed E-state index contributed by atoms with van der Waals surface area (Å²) in [6.45, 7) is 8.92. The molecule has 0 aliphatic carbocycles. The van der Waals surface area contributed by atoms with Crippen LogP contribution in [-0.4, -0.2) is 50.3 Å². The molecule has 1 saturated heterocycles. The maximum Gasteiger partial charge on any atom is 0.243 e. The molecule has 0 bridgehead atoms. The Bertz CT molecular complexity index is 806. The van der Waals surface area contributed by atoms with Crippen LogP contribution in [0.3, 0.4) is 0 Å². The van der Waals surface area contributed by atoms with Crippen LogP contribution in [0.5, 0.6) is 0 Å². The summed E-state index contributed by atoms with van der Waals surface area (Å²) in [5.41, 5.74) is 1.09. The first kappa shape index (κ1) is 21.4. The molecular weight excluding hydrogens is 360 g/mol. The van der Waals surface area contributed by atoms with E-state index in [0.29, 0.717) is 50.5 Å². The minimum absolute atomic E-state index is 0.0171. The summed E-state index contributed by atoms with van der Waals surface area (Å²) in [6, 6.07) is 11.5. The van der Waals surface area contributed by atoms with E-state index in [0.717, 1.165) is 5.56 Å². The van der Waals surface area contributed by atoms with Crippen LogP contribution < -0.4 is 0 Å². The molecule has 1 aliphatic rings. The molecule has 0 unspecified atom stereocenters. The summed E-state index contributed by atoms with van der Waals surface area (Å²) in [4.78, 5) is 2.44. The molecule has 1 heterocycles. The van der Waals surface area contributed by atoms with Gasteiger partial charge in [-0.05, 0) is 29.5 Å². The van der Waals surface area contributed by atoms with Crippen molar-refractivity contribution in [2.75, 3.05) is 32.7 Å². The average molecular weight is 389 g/mol. The van der Waals surface area contributed by atoms with Gasteiger partial charge in [-0.3, -0.25) is 4.90 Å². The molecule has 1 aromatic carbocycles. The van der Waals surface area contributed by atoms with Crippen LogP contribution in [0.4, 0.5) is 0 Å². The van der Waals surface area contributed by atoms with Crippen molar-refractivity contribution in [3.05, 3.63) is 29.8 Å². The third-order valence-electron chi connectivity index (χ3n) is 4.96. The van der Waals surface area contributed by atoms with Gasteiger partial charge in [0.05, 0.1) is 23.0 Å². The molecule has 146 valence electrons. The Morgan fingerprint density at radius 3 is 2.15 bits per heavy atom. The molecule has 1 atom stereocenters. The number of rotatable bonds is 6. The first-order valence-corrected chi connectivity index (χ1v) is 10.7. The smallest absolute Gasteiger partial charge is 0.243 e. The third-order valence-corrected chi connectivity index (χ3v) is 6.87. The number of hydrogen-bond donors (Lipinski definition) is 0. The van der Waals surface area contributed by atoms with E-state index in [2.05, 4.69) is 37.8 Å². The van der Waals surface area contributed by atoms with Crippen LogP contribution in [0.15, 0.2) is 29.2 Å². The zero-order valence-corrected chi connectivity index (χ0v) is 17.2. The van der Waals surface area contributed by atoms with Crippen LogP contribution in [0, 0.1) is 28.6 Å². The molecule has 0 saturated carbocycles. The lowest BCUT2D eigenvalue weighted by Crippen LogP contribution is -2.49. The summed E-state index contributed by atoms with van der Waals surface area (Å²) >= 11 is 0. The molecule has 1 aromatic rings. The van der Waals surface area contributed by atoms with E-state index in [1.165, 1.54) is 4.31 Å². The van der Waals surface area contributed by atoms with Crippen LogP contribution in [-0.2, 0) is 15.4 Å². The summed E-state index contributed by atoms with van der Waals surface area (Å²) in [5.74, 6) is -0.183. The van der Waals surface area contributed by atoms with Crippen molar-refractivity contribution in [3.63, 3.8) is 0 Å². The largest absolute Gasteiger partial charge is 0.299 e. The standard InChI is InChI=1S/C20H28N4O2S/c1-20(2,3)18-6-8-19(9-7-18)27(25,26)24-13-11-23(12-14-24)16-17(15-22)5-4-10-21/h6-9,17H,4-5,11-14,16H2,1-3H3/t17-/m1/s1. The Kier molecular flexibility index (Phi) is 7.00. The Hall–Kier alpha value is -1.93. The average Bonchev–Trinajstić information content (AvgIpc) is 2.65. The number of sulfonamides is 1. The molecule has 1 fully saturated rings. The fourth-order valence-corrected chi connectivity index (χ4v) is 4.60. The number of piperazine rings is 1. The van der Waals surface area contributed by atoms with Crippen molar-refractivity contribution in [1.29, 1.82) is 10.5 Å². The Morgan fingerprint density at radius 2 is 1.67 bits per heavy atom. The molecule has 0 amide bonds. The van der Waals surface area contributed by atoms with E-state index in [4.69, 9.17) is 5.26 Å². The number of nitrogens with zero attached hydrogens (tertiary/aromatic N) is 4. The molecule has 6 nitrogen and oxygen atoms in total. The number of benzene rings is 1. The van der Waals surface area contributed by atoms with E-state index in [1.807, 2.05) is 12.1 Å². The van der Waals surface area contributed by atoms with E-state index in [-0.39, 0.29) is 11.3 Å². The monoisotopic (exact) mass is 388 g/mol. The van der Waals surface area contributed by atoms with Gasteiger partial charge in [-0.2, -0.15) is 14.8 Å². The van der Waals surface area contributed by atoms with Crippen molar-refractivity contribution < 1.29 is 8.42 Å². The highest BCUT2D eigenvalue weighted by Crippen LogP contribution is 2.25. The molecular formula is C20H28N4O2S. The zero-order valence-electron chi connectivity index (χ0n) is 16.4. The van der Waals surface area contributed by atoms with Gasteiger partial charge in [0, 0.05) is 39.1 Å². The minimum atomic E-state index is -3.50. The number of hydrogen-bond acceptors (Lipinski definition) is 5. The Balaban J connectivity index is 1.98. The number of nitriles is 2. The van der Waals surface area contributed by atoms with E-state index in [1.54, 1.807) is 12.1 Å². The van der Waals surface area contributed by atoms with Gasteiger partial charge in [-0.25, -0.2) is 8.42 Å². The molecule has 0 N–H and O–H groups in total. The second kappa shape index (κ2) is 8.84. The van der Waals surface area contributed by atoms with Crippen molar-refractivity contribution in [3.8, 4) is 12.1 Å². The van der Waals surface area contributed by atoms with Gasteiger partial charge in [-0.1, -0.05) is 32.9 Å². The molecule has 0 aromatic heterocycles. The van der Waals surface area contributed by atoms with Gasteiger partial charge in [-0.15, -0.1) is 0 Å². The first-order chi connectivity index (χ1) is 12.7. The van der Waals surface area contributed by atoms with E-state index < -0.39 is 10.0 Å². The van der Waals surface area contributed by atoms with Gasteiger partial charge in [0.2, 0.25) is 10.0 Å². The van der Waals surface area contributed by atoms with Crippen molar-refractivity contribution in [2.45, 2.75) is 43.9 Å². The minimum Gasteiger partial charge on any atom is -0.299 e. The molecule has 1 aliphatic heterocycles. The highest BCUT2D eigenvalue weighted by molar-refractivity contribution is 7.89. The molecule has 7 heteroatoms. The van der Waals surface area contributed by atoms with Crippen LogP contribution in [0.25, 0.3) is 0 Å². The molecule has 2 rings (SSSR count). The lowest BCUT2D eigenvalue weighted by molar-refractivity contribution is 0.173. The maximum atomic E-state index is 12.9. The fraction of sp³-hybridized carbons (Fsp3) is 0.600. The summed E-state index contributed by atoms with van der Waals surface area (Å²) in [6.07, 6.45) is 0.933. The van der Waals surface area contributed by atoms with E-state index in [9.17, 15) is 13.7 Å². The predicted octanol–water partition coefficient (Wildman–Crippen LogP) is 2.73. The summed E-state index contributed by atoms with van der Waals surface area (Å²) < 4.78 is 27.3. The van der Waals surface area contributed by atoms with Gasteiger partial charge < -0.3 is 0 Å². The lowest BCUT2D eigenvalue weighted by atomic mass is 9.87. The summed E-state index contributed by atoms with van der Waals surface area (Å²) in [5, 5.41) is 17.9. The molecule has 0 radical (unpaired) electrons. The van der Waals surface area contributed by atoms with Crippen LogP contribution in [0.1, 0.15) is 39.2 Å². The zero-order chi connectivity index (χ0) is 20.1.